The predicted octanol–water partition coefficient (Wildman–Crippen LogP) is 2.82. The van der Waals surface area contributed by atoms with Crippen molar-refractivity contribution in [1.82, 2.24) is 4.98 Å². The Kier molecular flexibility index (Phi) is 4.06. The predicted molar refractivity (Wildman–Crippen MR) is 67.1 cm³/mol. The number of ether oxygens (including phenoxy) is 1. The maximum Gasteiger partial charge on any atom is 0.357 e. The second-order valence-electron chi connectivity index (χ2n) is 3.63. The zero-order chi connectivity index (χ0) is 13.8. The van der Waals surface area contributed by atoms with Crippen molar-refractivity contribution in [1.29, 1.82) is 0 Å². The van der Waals surface area contributed by atoms with Crippen molar-refractivity contribution in [2.24, 2.45) is 0 Å². The van der Waals surface area contributed by atoms with E-state index in [0.29, 0.717) is 10.7 Å². The third-order valence-corrected chi connectivity index (χ3v) is 3.13. The number of thiazole rings is 1. The van der Waals surface area contributed by atoms with E-state index in [4.69, 9.17) is 0 Å². The van der Waals surface area contributed by atoms with Gasteiger partial charge >= 0.3 is 5.97 Å². The average molecular weight is 284 g/mol. The molecule has 0 aliphatic rings. The summed E-state index contributed by atoms with van der Waals surface area (Å²) in [6, 6.07) is 3.64. The van der Waals surface area contributed by atoms with Crippen LogP contribution in [0, 0.1) is 11.6 Å². The van der Waals surface area contributed by atoms with Gasteiger partial charge < -0.3 is 10.1 Å². The largest absolute Gasteiger partial charge is 0.464 e. The van der Waals surface area contributed by atoms with Gasteiger partial charge in [0.25, 0.3) is 0 Å². The second kappa shape index (κ2) is 5.75. The van der Waals surface area contributed by atoms with E-state index in [1.54, 1.807) is 5.38 Å². The van der Waals surface area contributed by atoms with E-state index in [2.05, 4.69) is 15.0 Å². The summed E-state index contributed by atoms with van der Waals surface area (Å²) in [6.45, 7) is 0.283. The molecule has 1 aromatic heterocycles. The molecule has 0 aliphatic heterocycles. The molecule has 2 rings (SSSR count). The minimum Gasteiger partial charge on any atom is -0.464 e. The van der Waals surface area contributed by atoms with Crippen LogP contribution in [-0.4, -0.2) is 18.1 Å². The van der Waals surface area contributed by atoms with Crippen molar-refractivity contribution in [3.63, 3.8) is 0 Å². The van der Waals surface area contributed by atoms with Gasteiger partial charge in [0.2, 0.25) is 0 Å². The highest BCUT2D eigenvalue weighted by molar-refractivity contribution is 7.13. The number of hydrogen-bond donors (Lipinski definition) is 1. The summed E-state index contributed by atoms with van der Waals surface area (Å²) in [6.07, 6.45) is 0. The number of esters is 1. The van der Waals surface area contributed by atoms with Gasteiger partial charge in [0.05, 0.1) is 7.11 Å². The number of carbonyl (C=O) groups is 1. The summed E-state index contributed by atoms with van der Waals surface area (Å²) in [5.74, 6) is -2.29. The Morgan fingerprint density at radius 1 is 1.42 bits per heavy atom. The van der Waals surface area contributed by atoms with Crippen LogP contribution < -0.4 is 5.32 Å². The third-order valence-electron chi connectivity index (χ3n) is 2.33. The van der Waals surface area contributed by atoms with Gasteiger partial charge in [-0.05, 0) is 17.7 Å². The first kappa shape index (κ1) is 13.4. The lowest BCUT2D eigenvalue weighted by atomic mass is 10.2. The zero-order valence-corrected chi connectivity index (χ0v) is 10.8. The molecule has 0 saturated carbocycles. The standard InChI is InChI=1S/C12H10F2N2O2S/c1-18-11(17)10-6-19-12(16-10)15-5-7-2-3-8(13)9(14)4-7/h2-4,6H,5H2,1H3,(H,15,16). The van der Waals surface area contributed by atoms with E-state index >= 15 is 0 Å². The van der Waals surface area contributed by atoms with Crippen molar-refractivity contribution < 1.29 is 18.3 Å². The summed E-state index contributed by atoms with van der Waals surface area (Å²) in [7, 11) is 1.27. The van der Waals surface area contributed by atoms with Gasteiger partial charge in [-0.25, -0.2) is 18.6 Å². The number of nitrogens with one attached hydrogen (secondary N) is 1. The lowest BCUT2D eigenvalue weighted by molar-refractivity contribution is 0.0595. The fourth-order valence-corrected chi connectivity index (χ4v) is 2.06. The van der Waals surface area contributed by atoms with Crippen LogP contribution >= 0.6 is 11.3 Å². The lowest BCUT2D eigenvalue weighted by Crippen LogP contribution is -2.03. The number of halogens is 2. The molecular formula is C12H10F2N2O2S. The number of nitrogens with zero attached hydrogens (tertiary/aromatic N) is 1. The minimum absolute atomic E-state index is 0.209. The summed E-state index contributed by atoms with van der Waals surface area (Å²) >= 11 is 1.23. The highest BCUT2D eigenvalue weighted by atomic mass is 32.1. The van der Waals surface area contributed by atoms with Gasteiger partial charge in [-0.2, -0.15) is 0 Å². The Balaban J connectivity index is 2.00. The molecule has 100 valence electrons. The van der Waals surface area contributed by atoms with Crippen LogP contribution in [0.5, 0.6) is 0 Å². The van der Waals surface area contributed by atoms with Gasteiger partial charge in [-0.3, -0.25) is 0 Å². The lowest BCUT2D eigenvalue weighted by Gasteiger charge is -2.03. The van der Waals surface area contributed by atoms with Crippen LogP contribution in [0.2, 0.25) is 0 Å². The Morgan fingerprint density at radius 3 is 2.89 bits per heavy atom. The zero-order valence-electron chi connectivity index (χ0n) is 9.94. The second-order valence-corrected chi connectivity index (χ2v) is 4.49. The molecule has 0 bridgehead atoms. The first-order valence-corrected chi connectivity index (χ1v) is 6.19. The monoisotopic (exact) mass is 284 g/mol. The van der Waals surface area contributed by atoms with Gasteiger partial charge in [-0.1, -0.05) is 6.07 Å². The SMILES string of the molecule is COC(=O)c1csc(NCc2ccc(F)c(F)c2)n1. The van der Waals surface area contributed by atoms with Crippen LogP contribution in [0.3, 0.4) is 0 Å². The number of aromatic nitrogens is 1. The number of rotatable bonds is 4. The molecule has 0 amide bonds. The molecular weight excluding hydrogens is 274 g/mol. The Hall–Kier alpha value is -2.02. The highest BCUT2D eigenvalue weighted by Crippen LogP contribution is 2.17. The molecule has 0 radical (unpaired) electrons. The molecule has 1 aromatic carbocycles. The van der Waals surface area contributed by atoms with Crippen LogP contribution in [0.1, 0.15) is 16.1 Å². The minimum atomic E-state index is -0.895. The van der Waals surface area contributed by atoms with Gasteiger partial charge in [0, 0.05) is 11.9 Å². The quantitative estimate of drug-likeness (QED) is 0.877. The number of carbonyl (C=O) groups excluding carboxylic acids is 1. The molecule has 0 spiro atoms. The topological polar surface area (TPSA) is 51.2 Å². The Morgan fingerprint density at radius 2 is 2.21 bits per heavy atom. The average Bonchev–Trinajstić information content (AvgIpc) is 2.88. The van der Waals surface area contributed by atoms with Crippen molar-refractivity contribution >= 4 is 22.4 Å². The molecule has 7 heteroatoms. The first-order chi connectivity index (χ1) is 9.10. The van der Waals surface area contributed by atoms with E-state index in [0.717, 1.165) is 12.1 Å². The molecule has 0 saturated heterocycles. The molecule has 2 aromatic rings. The number of anilines is 1. The van der Waals surface area contributed by atoms with E-state index in [9.17, 15) is 13.6 Å². The van der Waals surface area contributed by atoms with Crippen LogP contribution in [0.25, 0.3) is 0 Å². The maximum absolute atomic E-state index is 13.0. The molecule has 0 fully saturated rings. The Labute approximate surface area is 112 Å². The Bertz CT molecular complexity index is 601. The summed E-state index contributed by atoms with van der Waals surface area (Å²) in [4.78, 5) is 15.2. The van der Waals surface area contributed by atoms with Crippen molar-refractivity contribution in [2.75, 3.05) is 12.4 Å². The molecule has 1 N–H and O–H groups in total. The van der Waals surface area contributed by atoms with Gasteiger partial charge in [-0.15, -0.1) is 11.3 Å². The van der Waals surface area contributed by atoms with Crippen LogP contribution in [0.15, 0.2) is 23.6 Å². The molecule has 0 atom stereocenters. The fraction of sp³-hybridized carbons (Fsp3) is 0.167. The molecule has 4 nitrogen and oxygen atoms in total. The number of methoxy groups -OCH3 is 1. The van der Waals surface area contributed by atoms with E-state index in [-0.39, 0.29) is 12.2 Å². The normalized spacial score (nSPS) is 10.3. The van der Waals surface area contributed by atoms with Gasteiger partial charge in [0.1, 0.15) is 0 Å². The third kappa shape index (κ3) is 3.25. The van der Waals surface area contributed by atoms with Crippen LogP contribution in [0.4, 0.5) is 13.9 Å². The van der Waals surface area contributed by atoms with E-state index < -0.39 is 17.6 Å². The van der Waals surface area contributed by atoms with Crippen LogP contribution in [-0.2, 0) is 11.3 Å². The summed E-state index contributed by atoms with van der Waals surface area (Å²) in [5.41, 5.74) is 0.786. The molecule has 19 heavy (non-hydrogen) atoms. The van der Waals surface area contributed by atoms with Crippen molar-refractivity contribution in [2.45, 2.75) is 6.54 Å². The maximum atomic E-state index is 13.0. The smallest absolute Gasteiger partial charge is 0.357 e. The fourth-order valence-electron chi connectivity index (χ4n) is 1.38. The van der Waals surface area contributed by atoms with Gasteiger partial charge in [0.15, 0.2) is 22.5 Å². The summed E-state index contributed by atoms with van der Waals surface area (Å²) in [5, 5.41) is 4.98. The van der Waals surface area contributed by atoms with E-state index in [1.807, 2.05) is 0 Å². The molecule has 0 unspecified atom stereocenters. The first-order valence-electron chi connectivity index (χ1n) is 5.32. The molecule has 1 heterocycles. The molecule has 0 aliphatic carbocycles. The number of hydrogen-bond acceptors (Lipinski definition) is 5. The van der Waals surface area contributed by atoms with Crippen molar-refractivity contribution in [3.8, 4) is 0 Å². The summed E-state index contributed by atoms with van der Waals surface area (Å²) < 4.78 is 30.2. The van der Waals surface area contributed by atoms with E-state index in [1.165, 1.54) is 24.5 Å². The highest BCUT2D eigenvalue weighted by Gasteiger charge is 2.10. The van der Waals surface area contributed by atoms with Crippen molar-refractivity contribution in [3.05, 3.63) is 46.5 Å². The number of benzene rings is 1.